The minimum absolute atomic E-state index is 0.0134. The van der Waals surface area contributed by atoms with E-state index in [1.165, 1.54) is 0 Å². The van der Waals surface area contributed by atoms with Crippen LogP contribution in [-0.2, 0) is 17.9 Å². The van der Waals surface area contributed by atoms with Gasteiger partial charge in [0.25, 0.3) is 0 Å². The summed E-state index contributed by atoms with van der Waals surface area (Å²) in [5.41, 5.74) is 4.98. The van der Waals surface area contributed by atoms with E-state index in [2.05, 4.69) is 21.1 Å². The number of nitrogens with one attached hydrogen (secondary N) is 1. The van der Waals surface area contributed by atoms with Crippen LogP contribution in [0.1, 0.15) is 34.3 Å². The summed E-state index contributed by atoms with van der Waals surface area (Å²) in [6.07, 6.45) is 1.70. The molecular formula is C20H23N5O2. The van der Waals surface area contributed by atoms with E-state index < -0.39 is 0 Å². The van der Waals surface area contributed by atoms with Crippen LogP contribution < -0.4 is 4.74 Å². The highest BCUT2D eigenvalue weighted by Crippen LogP contribution is 2.33. The lowest BCUT2D eigenvalue weighted by molar-refractivity contribution is -0.133. The van der Waals surface area contributed by atoms with Gasteiger partial charge >= 0.3 is 0 Å². The van der Waals surface area contributed by atoms with E-state index in [1.807, 2.05) is 43.0 Å². The van der Waals surface area contributed by atoms with Gasteiger partial charge in [-0.3, -0.25) is 9.48 Å². The maximum Gasteiger partial charge on any atom is 0.244 e. The Morgan fingerprint density at radius 2 is 2.19 bits per heavy atom. The lowest BCUT2D eigenvalue weighted by atomic mass is 9.90. The van der Waals surface area contributed by atoms with Crippen molar-refractivity contribution < 1.29 is 9.53 Å². The summed E-state index contributed by atoms with van der Waals surface area (Å²) in [5, 5.41) is 4.41. The number of hydrogen-bond donors (Lipinski definition) is 1. The Kier molecular flexibility index (Phi) is 4.43. The third kappa shape index (κ3) is 3.32. The number of aromatic amines is 1. The Labute approximate surface area is 158 Å². The molecule has 1 aliphatic rings. The van der Waals surface area contributed by atoms with Crippen LogP contribution in [0.15, 0.2) is 36.7 Å². The third-order valence-electron chi connectivity index (χ3n) is 5.07. The van der Waals surface area contributed by atoms with Gasteiger partial charge < -0.3 is 14.6 Å². The predicted octanol–water partition coefficient (Wildman–Crippen LogP) is 2.41. The number of fused-ring (bicyclic) bond motifs is 1. The molecule has 0 radical (unpaired) electrons. The molecule has 0 aliphatic carbocycles. The summed E-state index contributed by atoms with van der Waals surface area (Å²) in [5.74, 6) is 0.865. The van der Waals surface area contributed by atoms with Crippen molar-refractivity contribution in [2.75, 3.05) is 13.7 Å². The Hall–Kier alpha value is -3.09. The van der Waals surface area contributed by atoms with Crippen LogP contribution in [0.25, 0.3) is 0 Å². The molecule has 3 aromatic rings. The first-order valence-electron chi connectivity index (χ1n) is 9.00. The average molecular weight is 365 g/mol. The van der Waals surface area contributed by atoms with Gasteiger partial charge in [0.15, 0.2) is 0 Å². The predicted molar refractivity (Wildman–Crippen MR) is 101 cm³/mol. The zero-order valence-electron chi connectivity index (χ0n) is 15.8. The van der Waals surface area contributed by atoms with Crippen molar-refractivity contribution in [3.05, 3.63) is 65.0 Å². The van der Waals surface area contributed by atoms with Gasteiger partial charge in [-0.25, -0.2) is 4.98 Å². The van der Waals surface area contributed by atoms with Crippen molar-refractivity contribution in [1.82, 2.24) is 24.6 Å². The molecule has 7 heteroatoms. The number of carbonyl (C=O) groups excluding carboxylic acids is 1. The van der Waals surface area contributed by atoms with Crippen molar-refractivity contribution >= 4 is 5.91 Å². The van der Waals surface area contributed by atoms with Crippen LogP contribution in [0.2, 0.25) is 0 Å². The van der Waals surface area contributed by atoms with Gasteiger partial charge in [0.1, 0.15) is 12.3 Å². The second-order valence-corrected chi connectivity index (χ2v) is 6.95. The van der Waals surface area contributed by atoms with Gasteiger partial charge in [-0.1, -0.05) is 12.1 Å². The molecule has 7 nitrogen and oxygen atoms in total. The molecule has 1 amide bonds. The molecule has 0 spiro atoms. The van der Waals surface area contributed by atoms with E-state index in [9.17, 15) is 4.79 Å². The smallest absolute Gasteiger partial charge is 0.244 e. The van der Waals surface area contributed by atoms with Crippen LogP contribution in [0.4, 0.5) is 0 Å². The van der Waals surface area contributed by atoms with Gasteiger partial charge in [0.2, 0.25) is 5.91 Å². The highest BCUT2D eigenvalue weighted by molar-refractivity contribution is 5.76. The Morgan fingerprint density at radius 1 is 1.33 bits per heavy atom. The second-order valence-electron chi connectivity index (χ2n) is 6.95. The zero-order valence-corrected chi connectivity index (χ0v) is 15.8. The number of amides is 1. The molecule has 1 aliphatic heterocycles. The van der Waals surface area contributed by atoms with Crippen LogP contribution in [0.3, 0.4) is 0 Å². The number of nitrogens with zero attached hydrogens (tertiary/aromatic N) is 4. The van der Waals surface area contributed by atoms with E-state index in [4.69, 9.17) is 4.74 Å². The van der Waals surface area contributed by atoms with E-state index in [0.29, 0.717) is 13.1 Å². The number of imidazole rings is 1. The van der Waals surface area contributed by atoms with Crippen LogP contribution in [-0.4, -0.2) is 44.2 Å². The van der Waals surface area contributed by atoms with Crippen LogP contribution in [0.5, 0.6) is 5.75 Å². The summed E-state index contributed by atoms with van der Waals surface area (Å²) in [6, 6.07) is 9.94. The van der Waals surface area contributed by atoms with Gasteiger partial charge in [0.05, 0.1) is 37.1 Å². The SMILES string of the molecule is COc1cccc(C2CN(C(=O)Cn3nc(C)cc3C)Cc3[nH]cnc32)c1. The Balaban J connectivity index is 1.61. The van der Waals surface area contributed by atoms with Crippen molar-refractivity contribution in [2.24, 2.45) is 0 Å². The molecular weight excluding hydrogens is 342 g/mol. The fourth-order valence-corrected chi connectivity index (χ4v) is 3.70. The summed E-state index contributed by atoms with van der Waals surface area (Å²) in [7, 11) is 1.66. The Morgan fingerprint density at radius 3 is 2.93 bits per heavy atom. The van der Waals surface area contributed by atoms with Crippen molar-refractivity contribution in [3.8, 4) is 5.75 Å². The highest BCUT2D eigenvalue weighted by atomic mass is 16.5. The number of benzene rings is 1. The molecule has 1 N–H and O–H groups in total. The van der Waals surface area contributed by atoms with Crippen LogP contribution in [0, 0.1) is 13.8 Å². The first-order chi connectivity index (χ1) is 13.0. The van der Waals surface area contributed by atoms with Gasteiger partial charge in [-0.15, -0.1) is 0 Å². The topological polar surface area (TPSA) is 76.0 Å². The second kappa shape index (κ2) is 6.90. The fraction of sp³-hybridized carbons (Fsp3) is 0.350. The number of carbonyl (C=O) groups is 1. The molecule has 140 valence electrons. The minimum Gasteiger partial charge on any atom is -0.497 e. The maximum absolute atomic E-state index is 13.0. The van der Waals surface area contributed by atoms with Gasteiger partial charge in [-0.2, -0.15) is 5.10 Å². The number of ether oxygens (including phenoxy) is 1. The molecule has 4 rings (SSSR count). The average Bonchev–Trinajstić information content (AvgIpc) is 3.26. The van der Waals surface area contributed by atoms with Crippen molar-refractivity contribution in [1.29, 1.82) is 0 Å². The van der Waals surface area contributed by atoms with Crippen molar-refractivity contribution in [2.45, 2.75) is 32.9 Å². The van der Waals surface area contributed by atoms with E-state index in [0.717, 1.165) is 34.1 Å². The first kappa shape index (κ1) is 17.3. The van der Waals surface area contributed by atoms with Gasteiger partial charge in [0, 0.05) is 18.2 Å². The highest BCUT2D eigenvalue weighted by Gasteiger charge is 2.31. The quantitative estimate of drug-likeness (QED) is 0.770. The van der Waals surface area contributed by atoms with Gasteiger partial charge in [-0.05, 0) is 37.6 Å². The summed E-state index contributed by atoms with van der Waals surface area (Å²) < 4.78 is 7.13. The van der Waals surface area contributed by atoms with E-state index in [1.54, 1.807) is 18.1 Å². The fourth-order valence-electron chi connectivity index (χ4n) is 3.70. The van der Waals surface area contributed by atoms with E-state index in [-0.39, 0.29) is 18.4 Å². The zero-order chi connectivity index (χ0) is 19.0. The number of rotatable bonds is 4. The lowest BCUT2D eigenvalue weighted by Gasteiger charge is -2.32. The number of aryl methyl sites for hydroxylation is 2. The minimum atomic E-state index is 0.0134. The molecule has 0 bridgehead atoms. The maximum atomic E-state index is 13.0. The third-order valence-corrected chi connectivity index (χ3v) is 5.07. The van der Waals surface area contributed by atoms with Crippen LogP contribution >= 0.6 is 0 Å². The molecule has 0 fully saturated rings. The standard InChI is InChI=1S/C20H23N5O2/c1-13-7-14(2)25(23-13)11-19(26)24-9-17(20-18(10-24)21-12-22-20)15-5-4-6-16(8-15)27-3/h4-8,12,17H,9-11H2,1-3H3,(H,21,22). The molecule has 1 aromatic carbocycles. The van der Waals surface area contributed by atoms with Crippen molar-refractivity contribution in [3.63, 3.8) is 0 Å². The first-order valence-corrected chi connectivity index (χ1v) is 9.00. The largest absolute Gasteiger partial charge is 0.497 e. The molecule has 0 saturated carbocycles. The molecule has 0 saturated heterocycles. The van der Waals surface area contributed by atoms with E-state index >= 15 is 0 Å². The monoisotopic (exact) mass is 365 g/mol. The number of aromatic nitrogens is 4. The molecule has 1 unspecified atom stereocenters. The summed E-state index contributed by atoms with van der Waals surface area (Å²) in [4.78, 5) is 22.5. The molecule has 2 aromatic heterocycles. The molecule has 3 heterocycles. The lowest BCUT2D eigenvalue weighted by Crippen LogP contribution is -2.40. The number of H-pyrrole nitrogens is 1. The molecule has 27 heavy (non-hydrogen) atoms. The summed E-state index contributed by atoms with van der Waals surface area (Å²) >= 11 is 0. The Bertz CT molecular complexity index is 974. The number of hydrogen-bond acceptors (Lipinski definition) is 4. The number of methoxy groups -OCH3 is 1. The summed E-state index contributed by atoms with van der Waals surface area (Å²) in [6.45, 7) is 5.27. The normalized spacial score (nSPS) is 16.3. The molecule has 1 atom stereocenters.